The van der Waals surface area contributed by atoms with Crippen molar-refractivity contribution in [3.05, 3.63) is 30.3 Å². The van der Waals surface area contributed by atoms with Crippen molar-refractivity contribution in [2.75, 3.05) is 11.9 Å². The summed E-state index contributed by atoms with van der Waals surface area (Å²) in [5, 5.41) is 14.5. The van der Waals surface area contributed by atoms with Gasteiger partial charge in [-0.1, -0.05) is 18.2 Å². The van der Waals surface area contributed by atoms with E-state index in [1.165, 1.54) is 0 Å². The molecule has 0 radical (unpaired) electrons. The predicted molar refractivity (Wildman–Crippen MR) is 64.4 cm³/mol. The molecule has 3 N–H and O–H groups in total. The molecule has 0 saturated carbocycles. The number of nitrogens with one attached hydrogen (secondary N) is 2. The van der Waals surface area contributed by atoms with Gasteiger partial charge in [-0.25, -0.2) is 4.79 Å². The summed E-state index contributed by atoms with van der Waals surface area (Å²) in [6.07, 6.45) is 1.17. The van der Waals surface area contributed by atoms with Crippen molar-refractivity contribution in [1.29, 1.82) is 0 Å². The molecule has 88 valence electrons. The molecule has 1 unspecified atom stereocenters. The first kappa shape index (κ1) is 12.5. The van der Waals surface area contributed by atoms with Gasteiger partial charge in [0.15, 0.2) is 0 Å². The van der Waals surface area contributed by atoms with Crippen molar-refractivity contribution in [2.24, 2.45) is 0 Å². The van der Waals surface area contributed by atoms with Gasteiger partial charge < -0.3 is 15.7 Å². The molecule has 0 aromatic heterocycles. The molecule has 0 aliphatic carbocycles. The minimum absolute atomic E-state index is 0.211. The van der Waals surface area contributed by atoms with Crippen LogP contribution in [0, 0.1) is 0 Å². The number of rotatable bonds is 5. The maximum atomic E-state index is 11.4. The first-order valence-corrected chi connectivity index (χ1v) is 5.46. The second-order valence-electron chi connectivity index (χ2n) is 3.74. The van der Waals surface area contributed by atoms with Gasteiger partial charge >= 0.3 is 6.03 Å². The molecule has 0 saturated heterocycles. The number of hydrogen-bond donors (Lipinski definition) is 3. The third kappa shape index (κ3) is 5.36. The van der Waals surface area contributed by atoms with Crippen LogP contribution in [0.15, 0.2) is 30.3 Å². The Labute approximate surface area is 95.7 Å². The molecule has 0 aliphatic heterocycles. The highest BCUT2D eigenvalue weighted by Gasteiger charge is 2.00. The molecule has 2 amide bonds. The van der Waals surface area contributed by atoms with Crippen molar-refractivity contribution in [1.82, 2.24) is 5.32 Å². The van der Waals surface area contributed by atoms with Crippen molar-refractivity contribution >= 4 is 11.7 Å². The standard InChI is InChI=1S/C12H18N2O2/c1-10(15)6-5-9-13-12(16)14-11-7-3-2-4-8-11/h2-4,7-8,10,15H,5-6,9H2,1H3,(H2,13,14,16). The van der Waals surface area contributed by atoms with E-state index in [4.69, 9.17) is 5.11 Å². The summed E-state index contributed by atoms with van der Waals surface area (Å²) in [7, 11) is 0. The van der Waals surface area contributed by atoms with Crippen molar-refractivity contribution in [2.45, 2.75) is 25.9 Å². The normalized spacial score (nSPS) is 11.9. The summed E-state index contributed by atoms with van der Waals surface area (Å²) in [6.45, 7) is 2.31. The Morgan fingerprint density at radius 1 is 1.38 bits per heavy atom. The fourth-order valence-corrected chi connectivity index (χ4v) is 1.30. The van der Waals surface area contributed by atoms with Gasteiger partial charge in [-0.15, -0.1) is 0 Å². The van der Waals surface area contributed by atoms with Crippen LogP contribution in [0.2, 0.25) is 0 Å². The molecule has 0 heterocycles. The SMILES string of the molecule is CC(O)CCCNC(=O)Nc1ccccc1. The van der Waals surface area contributed by atoms with E-state index in [-0.39, 0.29) is 12.1 Å². The molecule has 0 spiro atoms. The van der Waals surface area contributed by atoms with Crippen molar-refractivity contribution in [3.8, 4) is 0 Å². The molecule has 0 fully saturated rings. The summed E-state index contributed by atoms with van der Waals surface area (Å²) < 4.78 is 0. The Bertz CT molecular complexity index is 312. The molecule has 1 atom stereocenters. The van der Waals surface area contributed by atoms with Gasteiger partial charge in [0, 0.05) is 12.2 Å². The van der Waals surface area contributed by atoms with Crippen molar-refractivity contribution < 1.29 is 9.90 Å². The van der Waals surface area contributed by atoms with E-state index in [1.807, 2.05) is 30.3 Å². The molecule has 16 heavy (non-hydrogen) atoms. The Hall–Kier alpha value is -1.55. The zero-order valence-electron chi connectivity index (χ0n) is 9.44. The van der Waals surface area contributed by atoms with E-state index in [1.54, 1.807) is 6.92 Å². The molecule has 1 aromatic rings. The van der Waals surface area contributed by atoms with E-state index >= 15 is 0 Å². The van der Waals surface area contributed by atoms with Crippen LogP contribution in [0.4, 0.5) is 10.5 Å². The quantitative estimate of drug-likeness (QED) is 0.667. The second-order valence-corrected chi connectivity index (χ2v) is 3.74. The number of amides is 2. The summed E-state index contributed by atoms with van der Waals surface area (Å²) in [6, 6.07) is 9.07. The van der Waals surface area contributed by atoms with Crippen LogP contribution < -0.4 is 10.6 Å². The lowest BCUT2D eigenvalue weighted by molar-refractivity contribution is 0.181. The van der Waals surface area contributed by atoms with Gasteiger partial charge in [-0.3, -0.25) is 0 Å². The number of hydrogen-bond acceptors (Lipinski definition) is 2. The van der Waals surface area contributed by atoms with Crippen LogP contribution in [-0.2, 0) is 0 Å². The Balaban J connectivity index is 2.17. The highest BCUT2D eigenvalue weighted by atomic mass is 16.3. The summed E-state index contributed by atoms with van der Waals surface area (Å²) in [4.78, 5) is 11.4. The minimum Gasteiger partial charge on any atom is -0.393 e. The van der Waals surface area contributed by atoms with Crippen LogP contribution >= 0.6 is 0 Å². The zero-order valence-corrected chi connectivity index (χ0v) is 9.44. The lowest BCUT2D eigenvalue weighted by Gasteiger charge is -2.08. The second kappa shape index (κ2) is 6.85. The van der Waals surface area contributed by atoms with E-state index < -0.39 is 0 Å². The molecular formula is C12H18N2O2. The molecule has 4 nitrogen and oxygen atoms in total. The largest absolute Gasteiger partial charge is 0.393 e. The van der Waals surface area contributed by atoms with Crippen LogP contribution in [0.3, 0.4) is 0 Å². The van der Waals surface area contributed by atoms with E-state index in [9.17, 15) is 4.79 Å². The third-order valence-electron chi connectivity index (χ3n) is 2.12. The van der Waals surface area contributed by atoms with Crippen LogP contribution in [-0.4, -0.2) is 23.8 Å². The molecule has 1 rings (SSSR count). The Morgan fingerprint density at radius 3 is 2.69 bits per heavy atom. The average Bonchev–Trinajstić information content (AvgIpc) is 2.25. The molecule has 0 aliphatic rings. The first-order chi connectivity index (χ1) is 7.68. The number of aliphatic hydroxyl groups excluding tert-OH is 1. The minimum atomic E-state index is -0.306. The predicted octanol–water partition coefficient (Wildman–Crippen LogP) is 1.97. The highest BCUT2D eigenvalue weighted by Crippen LogP contribution is 2.04. The molecule has 0 bridgehead atoms. The fraction of sp³-hybridized carbons (Fsp3) is 0.417. The third-order valence-corrected chi connectivity index (χ3v) is 2.12. The lowest BCUT2D eigenvalue weighted by atomic mass is 10.2. The smallest absolute Gasteiger partial charge is 0.319 e. The van der Waals surface area contributed by atoms with Gasteiger partial charge in [-0.05, 0) is 31.9 Å². The van der Waals surface area contributed by atoms with Gasteiger partial charge in [0.05, 0.1) is 6.10 Å². The summed E-state index contributed by atoms with van der Waals surface area (Å²) >= 11 is 0. The van der Waals surface area contributed by atoms with Crippen molar-refractivity contribution in [3.63, 3.8) is 0 Å². The fourth-order valence-electron chi connectivity index (χ4n) is 1.30. The number of para-hydroxylation sites is 1. The van der Waals surface area contributed by atoms with E-state index in [2.05, 4.69) is 10.6 Å². The summed E-state index contributed by atoms with van der Waals surface area (Å²) in [5.74, 6) is 0. The van der Waals surface area contributed by atoms with Gasteiger partial charge in [0.1, 0.15) is 0 Å². The Kier molecular flexibility index (Phi) is 5.36. The number of aliphatic hydroxyl groups is 1. The van der Waals surface area contributed by atoms with E-state index in [0.29, 0.717) is 13.0 Å². The number of carbonyl (C=O) groups excluding carboxylic acids is 1. The van der Waals surface area contributed by atoms with Crippen LogP contribution in [0.1, 0.15) is 19.8 Å². The monoisotopic (exact) mass is 222 g/mol. The highest BCUT2D eigenvalue weighted by molar-refractivity contribution is 5.89. The zero-order chi connectivity index (χ0) is 11.8. The topological polar surface area (TPSA) is 61.4 Å². The van der Waals surface area contributed by atoms with Gasteiger partial charge in [-0.2, -0.15) is 0 Å². The molecule has 4 heteroatoms. The van der Waals surface area contributed by atoms with Crippen LogP contribution in [0.5, 0.6) is 0 Å². The number of anilines is 1. The first-order valence-electron chi connectivity index (χ1n) is 5.46. The van der Waals surface area contributed by atoms with Crippen LogP contribution in [0.25, 0.3) is 0 Å². The number of carbonyl (C=O) groups is 1. The number of benzene rings is 1. The average molecular weight is 222 g/mol. The van der Waals surface area contributed by atoms with Gasteiger partial charge in [0.2, 0.25) is 0 Å². The number of urea groups is 1. The van der Waals surface area contributed by atoms with Gasteiger partial charge in [0.25, 0.3) is 0 Å². The maximum absolute atomic E-state index is 11.4. The van der Waals surface area contributed by atoms with E-state index in [0.717, 1.165) is 12.1 Å². The molecule has 1 aromatic carbocycles. The lowest BCUT2D eigenvalue weighted by Crippen LogP contribution is -2.29. The Morgan fingerprint density at radius 2 is 2.06 bits per heavy atom. The summed E-state index contributed by atoms with van der Waals surface area (Å²) in [5.41, 5.74) is 0.774. The maximum Gasteiger partial charge on any atom is 0.319 e. The molecular weight excluding hydrogens is 204 g/mol.